The van der Waals surface area contributed by atoms with Crippen LogP contribution in [0.2, 0.25) is 0 Å². The Bertz CT molecular complexity index is 562. The zero-order valence-corrected chi connectivity index (χ0v) is 8.93. The van der Waals surface area contributed by atoms with Gasteiger partial charge >= 0.3 is 5.97 Å². The molecule has 3 N–H and O–H groups in total. The lowest BCUT2D eigenvalue weighted by molar-refractivity contribution is -0.138. The lowest BCUT2D eigenvalue weighted by atomic mass is 10.2. The first kappa shape index (κ1) is 11.1. The van der Waals surface area contributed by atoms with Crippen molar-refractivity contribution in [2.45, 2.75) is 12.8 Å². The maximum Gasteiger partial charge on any atom is 0.303 e. The summed E-state index contributed by atoms with van der Waals surface area (Å²) >= 11 is 0. The summed E-state index contributed by atoms with van der Waals surface area (Å²) < 4.78 is 0. The second kappa shape index (κ2) is 4.65. The number of fused-ring (bicyclic) bond motifs is 1. The van der Waals surface area contributed by atoms with Gasteiger partial charge in [0.05, 0.1) is 11.9 Å². The van der Waals surface area contributed by atoms with E-state index in [0.29, 0.717) is 5.82 Å². The predicted molar refractivity (Wildman–Crippen MR) is 61.6 cm³/mol. The van der Waals surface area contributed by atoms with Crippen LogP contribution in [0.3, 0.4) is 0 Å². The largest absolute Gasteiger partial charge is 0.481 e. The fraction of sp³-hybridized carbons (Fsp3) is 0.182. The van der Waals surface area contributed by atoms with E-state index in [4.69, 9.17) is 5.11 Å². The van der Waals surface area contributed by atoms with E-state index in [1.165, 1.54) is 0 Å². The number of hydrogen-bond donors (Lipinski definition) is 3. The third-order valence-electron chi connectivity index (χ3n) is 2.29. The van der Waals surface area contributed by atoms with E-state index in [2.05, 4.69) is 15.5 Å². The SMILES string of the molecule is O=C(O)CCC(=O)Nc1n[nH]c2ccccc12. The maximum atomic E-state index is 11.4. The molecule has 0 unspecified atom stereocenters. The lowest BCUT2D eigenvalue weighted by Gasteiger charge is -2.00. The summed E-state index contributed by atoms with van der Waals surface area (Å²) in [5.41, 5.74) is 0.820. The van der Waals surface area contributed by atoms with Crippen LogP contribution in [0.5, 0.6) is 0 Å². The number of aliphatic carboxylic acids is 1. The van der Waals surface area contributed by atoms with Crippen LogP contribution in [-0.4, -0.2) is 27.2 Å². The summed E-state index contributed by atoms with van der Waals surface area (Å²) in [7, 11) is 0. The zero-order chi connectivity index (χ0) is 12.3. The second-order valence-electron chi connectivity index (χ2n) is 3.56. The molecule has 1 heterocycles. The summed E-state index contributed by atoms with van der Waals surface area (Å²) in [6, 6.07) is 7.36. The number of benzene rings is 1. The molecule has 6 nitrogen and oxygen atoms in total. The molecule has 88 valence electrons. The van der Waals surface area contributed by atoms with Crippen molar-refractivity contribution >= 4 is 28.6 Å². The minimum atomic E-state index is -0.993. The molecule has 1 amide bonds. The molecule has 0 fully saturated rings. The Kier molecular flexibility index (Phi) is 3.04. The molecule has 0 radical (unpaired) electrons. The Balaban J connectivity index is 2.08. The van der Waals surface area contributed by atoms with Gasteiger partial charge in [0.2, 0.25) is 5.91 Å². The van der Waals surface area contributed by atoms with Gasteiger partial charge in [0.25, 0.3) is 0 Å². The number of carboxylic acid groups (broad SMARTS) is 1. The number of aromatic amines is 1. The van der Waals surface area contributed by atoms with Crippen LogP contribution in [0.25, 0.3) is 10.9 Å². The molecule has 2 aromatic rings. The predicted octanol–water partition coefficient (Wildman–Crippen LogP) is 1.37. The number of amides is 1. The van der Waals surface area contributed by atoms with Crippen molar-refractivity contribution in [1.82, 2.24) is 10.2 Å². The summed E-state index contributed by atoms with van der Waals surface area (Å²) in [6.45, 7) is 0. The van der Waals surface area contributed by atoms with Crippen molar-refractivity contribution in [2.24, 2.45) is 0 Å². The highest BCUT2D eigenvalue weighted by atomic mass is 16.4. The number of anilines is 1. The average molecular weight is 233 g/mol. The fourth-order valence-corrected chi connectivity index (χ4v) is 1.47. The molecule has 0 saturated carbocycles. The van der Waals surface area contributed by atoms with Gasteiger partial charge in [0.1, 0.15) is 0 Å². The standard InChI is InChI=1S/C11H11N3O3/c15-9(5-6-10(16)17)12-11-7-3-1-2-4-8(7)13-14-11/h1-4H,5-6H2,(H,16,17)(H2,12,13,14,15). The molecule has 1 aromatic carbocycles. The molecular formula is C11H11N3O3. The molecule has 0 bridgehead atoms. The van der Waals surface area contributed by atoms with Crippen LogP contribution in [0.15, 0.2) is 24.3 Å². The molecule has 0 aliphatic carbocycles. The van der Waals surface area contributed by atoms with Crippen LogP contribution in [-0.2, 0) is 9.59 Å². The highest BCUT2D eigenvalue weighted by Gasteiger charge is 2.09. The minimum absolute atomic E-state index is 0.0590. The summed E-state index contributed by atoms with van der Waals surface area (Å²) in [5.74, 6) is -0.923. The highest BCUT2D eigenvalue weighted by Crippen LogP contribution is 2.19. The summed E-state index contributed by atoms with van der Waals surface area (Å²) in [5, 5.41) is 18.6. The Morgan fingerprint density at radius 1 is 1.29 bits per heavy atom. The smallest absolute Gasteiger partial charge is 0.303 e. The van der Waals surface area contributed by atoms with E-state index >= 15 is 0 Å². The number of nitrogens with one attached hydrogen (secondary N) is 2. The van der Waals surface area contributed by atoms with Gasteiger partial charge in [-0.05, 0) is 12.1 Å². The van der Waals surface area contributed by atoms with E-state index in [1.54, 1.807) is 0 Å². The average Bonchev–Trinajstić information content (AvgIpc) is 2.70. The Morgan fingerprint density at radius 3 is 2.82 bits per heavy atom. The fourth-order valence-electron chi connectivity index (χ4n) is 1.47. The molecule has 0 aliphatic heterocycles. The molecule has 0 atom stereocenters. The van der Waals surface area contributed by atoms with Crippen molar-refractivity contribution < 1.29 is 14.7 Å². The monoisotopic (exact) mass is 233 g/mol. The number of hydrogen-bond acceptors (Lipinski definition) is 3. The Morgan fingerprint density at radius 2 is 2.06 bits per heavy atom. The van der Waals surface area contributed by atoms with Crippen molar-refractivity contribution in [1.29, 1.82) is 0 Å². The Labute approximate surface area is 96.6 Å². The van der Waals surface area contributed by atoms with Gasteiger partial charge in [0.15, 0.2) is 5.82 Å². The number of aromatic nitrogens is 2. The number of rotatable bonds is 4. The van der Waals surface area contributed by atoms with Crippen LogP contribution < -0.4 is 5.32 Å². The molecule has 17 heavy (non-hydrogen) atoms. The summed E-state index contributed by atoms with van der Waals surface area (Å²) in [4.78, 5) is 21.7. The zero-order valence-electron chi connectivity index (χ0n) is 8.93. The molecule has 1 aromatic heterocycles. The normalized spacial score (nSPS) is 10.4. The van der Waals surface area contributed by atoms with E-state index in [0.717, 1.165) is 10.9 Å². The van der Waals surface area contributed by atoms with Crippen LogP contribution in [0, 0.1) is 0 Å². The quantitative estimate of drug-likeness (QED) is 0.743. The lowest BCUT2D eigenvalue weighted by Crippen LogP contribution is -2.13. The van der Waals surface area contributed by atoms with Gasteiger partial charge < -0.3 is 10.4 Å². The molecule has 2 rings (SSSR count). The molecule has 0 saturated heterocycles. The summed E-state index contributed by atoms with van der Waals surface area (Å²) in [6.07, 6.45) is -0.245. The highest BCUT2D eigenvalue weighted by molar-refractivity contribution is 6.00. The maximum absolute atomic E-state index is 11.4. The van der Waals surface area contributed by atoms with Crippen molar-refractivity contribution in [3.8, 4) is 0 Å². The first-order chi connectivity index (χ1) is 8.16. The number of carbonyl (C=O) groups excluding carboxylic acids is 1. The van der Waals surface area contributed by atoms with Gasteiger partial charge in [-0.25, -0.2) is 0 Å². The van der Waals surface area contributed by atoms with Crippen molar-refractivity contribution in [2.75, 3.05) is 5.32 Å². The van der Waals surface area contributed by atoms with E-state index in [1.807, 2.05) is 24.3 Å². The minimum Gasteiger partial charge on any atom is -0.481 e. The van der Waals surface area contributed by atoms with Crippen molar-refractivity contribution in [3.05, 3.63) is 24.3 Å². The molecular weight excluding hydrogens is 222 g/mol. The van der Waals surface area contributed by atoms with E-state index in [9.17, 15) is 9.59 Å². The van der Waals surface area contributed by atoms with Gasteiger partial charge in [-0.1, -0.05) is 12.1 Å². The van der Waals surface area contributed by atoms with Crippen LogP contribution in [0.4, 0.5) is 5.82 Å². The van der Waals surface area contributed by atoms with Crippen LogP contribution >= 0.6 is 0 Å². The molecule has 0 spiro atoms. The van der Waals surface area contributed by atoms with Gasteiger partial charge in [-0.15, -0.1) is 0 Å². The topological polar surface area (TPSA) is 95.1 Å². The number of para-hydroxylation sites is 1. The third-order valence-corrected chi connectivity index (χ3v) is 2.29. The number of nitrogens with zero attached hydrogens (tertiary/aromatic N) is 1. The van der Waals surface area contributed by atoms with Gasteiger partial charge in [-0.3, -0.25) is 14.7 Å². The van der Waals surface area contributed by atoms with Gasteiger partial charge in [-0.2, -0.15) is 5.10 Å². The van der Waals surface area contributed by atoms with Crippen LogP contribution in [0.1, 0.15) is 12.8 Å². The van der Waals surface area contributed by atoms with Gasteiger partial charge in [0, 0.05) is 11.8 Å². The molecule has 6 heteroatoms. The number of carbonyl (C=O) groups is 2. The number of H-pyrrole nitrogens is 1. The second-order valence-corrected chi connectivity index (χ2v) is 3.56. The first-order valence-corrected chi connectivity index (χ1v) is 5.11. The van der Waals surface area contributed by atoms with E-state index in [-0.39, 0.29) is 18.7 Å². The third kappa shape index (κ3) is 2.60. The van der Waals surface area contributed by atoms with Crippen molar-refractivity contribution in [3.63, 3.8) is 0 Å². The first-order valence-electron chi connectivity index (χ1n) is 5.11. The number of carboxylic acids is 1. The van der Waals surface area contributed by atoms with E-state index < -0.39 is 5.97 Å². The Hall–Kier alpha value is -2.37. The molecule has 0 aliphatic rings.